The number of furan rings is 1. The first-order chi connectivity index (χ1) is 11.8. The van der Waals surface area contributed by atoms with Crippen molar-refractivity contribution < 1.29 is 4.42 Å². The second kappa shape index (κ2) is 6.65. The fraction of sp³-hybridized carbons (Fsp3) is 0.444. The molecule has 0 unspecified atom stereocenters. The Morgan fingerprint density at radius 2 is 2.17 bits per heavy atom. The fourth-order valence-electron chi connectivity index (χ4n) is 3.42. The minimum absolute atomic E-state index is 0.242. The zero-order valence-electron chi connectivity index (χ0n) is 14.0. The lowest BCUT2D eigenvalue weighted by Gasteiger charge is -2.26. The molecule has 0 amide bonds. The van der Waals surface area contributed by atoms with E-state index in [0.717, 1.165) is 49.0 Å². The van der Waals surface area contributed by atoms with Gasteiger partial charge >= 0.3 is 0 Å². The summed E-state index contributed by atoms with van der Waals surface area (Å²) in [5.41, 5.74) is 1.95. The Kier molecular flexibility index (Phi) is 4.21. The molecule has 0 radical (unpaired) electrons. The van der Waals surface area contributed by atoms with Gasteiger partial charge in [0, 0.05) is 24.4 Å². The normalized spacial score (nSPS) is 16.7. The van der Waals surface area contributed by atoms with E-state index in [0.29, 0.717) is 0 Å². The molecule has 0 saturated carbocycles. The average Bonchev–Trinajstić information content (AvgIpc) is 3.36. The van der Waals surface area contributed by atoms with Gasteiger partial charge in [-0.15, -0.1) is 0 Å². The minimum Gasteiger partial charge on any atom is -0.468 e. The lowest BCUT2D eigenvalue weighted by atomic mass is 10.2. The van der Waals surface area contributed by atoms with E-state index >= 15 is 0 Å². The van der Waals surface area contributed by atoms with E-state index < -0.39 is 0 Å². The molecular formula is C18H23N5O. The van der Waals surface area contributed by atoms with Crippen LogP contribution in [0.3, 0.4) is 0 Å². The van der Waals surface area contributed by atoms with Crippen LogP contribution < -0.4 is 5.32 Å². The van der Waals surface area contributed by atoms with Gasteiger partial charge in [0.15, 0.2) is 5.65 Å². The van der Waals surface area contributed by atoms with Gasteiger partial charge < -0.3 is 9.73 Å². The summed E-state index contributed by atoms with van der Waals surface area (Å²) in [6.07, 6.45) is 6.97. The fourth-order valence-corrected chi connectivity index (χ4v) is 3.42. The first-order valence-corrected chi connectivity index (χ1v) is 8.70. The van der Waals surface area contributed by atoms with Gasteiger partial charge in [0.25, 0.3) is 0 Å². The van der Waals surface area contributed by atoms with Gasteiger partial charge in [-0.2, -0.15) is 9.61 Å². The van der Waals surface area contributed by atoms with Gasteiger partial charge in [0.05, 0.1) is 18.5 Å². The Morgan fingerprint density at radius 3 is 2.92 bits per heavy atom. The summed E-state index contributed by atoms with van der Waals surface area (Å²) in [6.45, 7) is 5.16. The topological polar surface area (TPSA) is 58.6 Å². The van der Waals surface area contributed by atoms with Gasteiger partial charge in [-0.3, -0.25) is 4.90 Å². The largest absolute Gasteiger partial charge is 0.468 e. The highest BCUT2D eigenvalue weighted by Gasteiger charge is 2.25. The van der Waals surface area contributed by atoms with Crippen LogP contribution in [-0.4, -0.2) is 39.1 Å². The summed E-state index contributed by atoms with van der Waals surface area (Å²) in [6, 6.07) is 8.30. The van der Waals surface area contributed by atoms with Crippen LogP contribution in [0.25, 0.3) is 5.65 Å². The van der Waals surface area contributed by atoms with Crippen molar-refractivity contribution in [1.82, 2.24) is 19.5 Å². The molecule has 6 heteroatoms. The van der Waals surface area contributed by atoms with E-state index in [1.54, 1.807) is 12.5 Å². The third-order valence-electron chi connectivity index (χ3n) is 4.70. The quantitative estimate of drug-likeness (QED) is 0.754. The monoisotopic (exact) mass is 325 g/mol. The van der Waals surface area contributed by atoms with E-state index in [2.05, 4.69) is 39.4 Å². The van der Waals surface area contributed by atoms with Crippen LogP contribution in [0.4, 0.5) is 5.82 Å². The molecule has 0 spiro atoms. The number of hydrogen-bond donors (Lipinski definition) is 1. The van der Waals surface area contributed by atoms with E-state index in [-0.39, 0.29) is 6.04 Å². The average molecular weight is 325 g/mol. The van der Waals surface area contributed by atoms with Crippen LogP contribution in [0.5, 0.6) is 0 Å². The lowest BCUT2D eigenvalue weighted by molar-refractivity contribution is 0.225. The third kappa shape index (κ3) is 2.89. The molecule has 1 saturated heterocycles. The predicted molar refractivity (Wildman–Crippen MR) is 93.1 cm³/mol. The molecule has 1 atom stereocenters. The second-order valence-corrected chi connectivity index (χ2v) is 6.24. The number of aryl methyl sites for hydroxylation is 1. The highest BCUT2D eigenvalue weighted by atomic mass is 16.3. The predicted octanol–water partition coefficient (Wildman–Crippen LogP) is 3.13. The van der Waals surface area contributed by atoms with Crippen molar-refractivity contribution in [3.05, 3.63) is 48.2 Å². The Morgan fingerprint density at radius 1 is 1.29 bits per heavy atom. The summed E-state index contributed by atoms with van der Waals surface area (Å²) in [5, 5.41) is 7.96. The zero-order chi connectivity index (χ0) is 16.4. The highest BCUT2D eigenvalue weighted by molar-refractivity contribution is 5.49. The van der Waals surface area contributed by atoms with Crippen LogP contribution in [0.15, 0.2) is 41.1 Å². The number of nitrogens with zero attached hydrogens (tertiary/aromatic N) is 4. The summed E-state index contributed by atoms with van der Waals surface area (Å²) >= 11 is 0. The van der Waals surface area contributed by atoms with E-state index in [4.69, 9.17) is 4.42 Å². The van der Waals surface area contributed by atoms with Gasteiger partial charge in [-0.1, -0.05) is 6.92 Å². The van der Waals surface area contributed by atoms with Gasteiger partial charge in [-0.05, 0) is 44.5 Å². The number of likely N-dealkylation sites (tertiary alicyclic amines) is 1. The van der Waals surface area contributed by atoms with Gasteiger partial charge in [0.2, 0.25) is 0 Å². The third-order valence-corrected chi connectivity index (χ3v) is 4.70. The summed E-state index contributed by atoms with van der Waals surface area (Å²) in [5.74, 6) is 2.00. The molecule has 0 bridgehead atoms. The maximum Gasteiger partial charge on any atom is 0.157 e. The number of aromatic nitrogens is 3. The van der Waals surface area contributed by atoms with Crippen molar-refractivity contribution in [1.29, 1.82) is 0 Å². The molecule has 1 aliphatic rings. The molecule has 126 valence electrons. The molecule has 4 heterocycles. The van der Waals surface area contributed by atoms with E-state index in [9.17, 15) is 0 Å². The summed E-state index contributed by atoms with van der Waals surface area (Å²) in [7, 11) is 0. The smallest absolute Gasteiger partial charge is 0.157 e. The van der Waals surface area contributed by atoms with Crippen LogP contribution >= 0.6 is 0 Å². The summed E-state index contributed by atoms with van der Waals surface area (Å²) < 4.78 is 7.56. The van der Waals surface area contributed by atoms with E-state index in [1.165, 1.54) is 12.8 Å². The molecule has 24 heavy (non-hydrogen) atoms. The minimum atomic E-state index is 0.242. The van der Waals surface area contributed by atoms with E-state index in [1.807, 2.05) is 16.6 Å². The van der Waals surface area contributed by atoms with Crippen molar-refractivity contribution in [2.24, 2.45) is 0 Å². The Labute approximate surface area is 141 Å². The first-order valence-electron chi connectivity index (χ1n) is 8.70. The lowest BCUT2D eigenvalue weighted by Crippen LogP contribution is -2.31. The maximum atomic E-state index is 5.70. The van der Waals surface area contributed by atoms with Crippen LogP contribution in [0, 0.1) is 0 Å². The molecule has 4 rings (SSSR count). The number of nitrogens with one attached hydrogen (secondary N) is 1. The SMILES string of the molecule is CCc1cc(NC[C@@H](c2ccco2)N2CCCC2)n2nccc2n1. The van der Waals surface area contributed by atoms with Gasteiger partial charge in [-0.25, -0.2) is 4.98 Å². The van der Waals surface area contributed by atoms with Crippen LogP contribution in [-0.2, 0) is 6.42 Å². The summed E-state index contributed by atoms with van der Waals surface area (Å²) in [4.78, 5) is 7.09. The molecule has 1 N–H and O–H groups in total. The van der Waals surface area contributed by atoms with Crippen molar-refractivity contribution in [2.45, 2.75) is 32.2 Å². The Bertz CT molecular complexity index is 789. The molecule has 0 aliphatic carbocycles. The Hall–Kier alpha value is -2.34. The molecule has 6 nitrogen and oxygen atoms in total. The standard InChI is InChI=1S/C18H23N5O/c1-2-14-12-18(23-17(21-14)7-8-20-23)19-13-15(16-6-5-11-24-16)22-9-3-4-10-22/h5-8,11-12,15,19H,2-4,9-10,13H2,1H3/t15-/m0/s1. The highest BCUT2D eigenvalue weighted by Crippen LogP contribution is 2.26. The second-order valence-electron chi connectivity index (χ2n) is 6.24. The number of fused-ring (bicyclic) bond motifs is 1. The number of anilines is 1. The number of rotatable bonds is 6. The van der Waals surface area contributed by atoms with Gasteiger partial charge in [0.1, 0.15) is 11.6 Å². The Balaban J connectivity index is 1.59. The maximum absolute atomic E-state index is 5.70. The number of hydrogen-bond acceptors (Lipinski definition) is 5. The van der Waals surface area contributed by atoms with Crippen molar-refractivity contribution >= 4 is 11.5 Å². The van der Waals surface area contributed by atoms with Crippen molar-refractivity contribution in [3.8, 4) is 0 Å². The molecular weight excluding hydrogens is 302 g/mol. The van der Waals surface area contributed by atoms with Crippen molar-refractivity contribution in [2.75, 3.05) is 25.0 Å². The molecule has 1 fully saturated rings. The van der Waals surface area contributed by atoms with Crippen molar-refractivity contribution in [3.63, 3.8) is 0 Å². The molecule has 1 aliphatic heterocycles. The van der Waals surface area contributed by atoms with Crippen LogP contribution in [0.2, 0.25) is 0 Å². The first kappa shape index (κ1) is 15.2. The molecule has 3 aromatic rings. The molecule has 3 aromatic heterocycles. The zero-order valence-corrected chi connectivity index (χ0v) is 14.0. The molecule has 0 aromatic carbocycles. The van der Waals surface area contributed by atoms with Crippen LogP contribution in [0.1, 0.15) is 37.3 Å².